The third-order valence-electron chi connectivity index (χ3n) is 5.02. The highest BCUT2D eigenvalue weighted by Crippen LogP contribution is 2.26. The molecule has 0 amide bonds. The molecule has 0 atom stereocenters. The number of halogens is 1. The number of Topliss-reactive ketones (excluding diaryl/α,β-unsaturated/α-hetero) is 1. The van der Waals surface area contributed by atoms with Crippen molar-refractivity contribution >= 4 is 39.3 Å². The van der Waals surface area contributed by atoms with Gasteiger partial charge in [0, 0.05) is 24.3 Å². The molecular weight excluding hydrogens is 472 g/mol. The minimum absolute atomic E-state index is 0.0282. The molecule has 180 valence electrons. The number of benzene rings is 1. The number of rotatable bonds is 10. The van der Waals surface area contributed by atoms with E-state index in [9.17, 15) is 22.8 Å². The summed E-state index contributed by atoms with van der Waals surface area (Å²) >= 11 is 6.08. The summed E-state index contributed by atoms with van der Waals surface area (Å²) in [7, 11) is -3.90. The first-order chi connectivity index (χ1) is 15.5. The number of carbonyl (C=O) groups excluding carboxylic acids is 3. The lowest BCUT2D eigenvalue weighted by atomic mass is 10.1. The maximum absolute atomic E-state index is 12.8. The molecule has 1 N–H and O–H groups in total. The Balaban J connectivity index is 2.23. The number of nitrogens with one attached hydrogen (secondary N) is 1. The molecule has 0 spiro atoms. The fourth-order valence-electron chi connectivity index (χ4n) is 3.39. The zero-order valence-electron chi connectivity index (χ0n) is 19.2. The monoisotopic (exact) mass is 498 g/mol. The molecule has 0 saturated heterocycles. The lowest BCUT2D eigenvalue weighted by Crippen LogP contribution is -2.31. The Morgan fingerprint density at radius 3 is 2.24 bits per heavy atom. The maximum Gasteiger partial charge on any atom is 0.355 e. The van der Waals surface area contributed by atoms with Crippen molar-refractivity contribution in [3.63, 3.8) is 0 Å². The highest BCUT2D eigenvalue weighted by atomic mass is 35.5. The van der Waals surface area contributed by atoms with Gasteiger partial charge in [0.25, 0.3) is 0 Å². The minimum atomic E-state index is -3.90. The van der Waals surface area contributed by atoms with Gasteiger partial charge in [-0.1, -0.05) is 25.4 Å². The summed E-state index contributed by atoms with van der Waals surface area (Å²) in [4.78, 5) is 39.9. The van der Waals surface area contributed by atoms with Crippen LogP contribution >= 0.6 is 11.6 Å². The Bertz CT molecular complexity index is 1170. The average molecular weight is 499 g/mol. The number of carbonyl (C=O) groups is 3. The van der Waals surface area contributed by atoms with Crippen LogP contribution in [0.5, 0.6) is 0 Å². The highest BCUT2D eigenvalue weighted by Gasteiger charge is 2.27. The molecule has 0 fully saturated rings. The molecular formula is C22H27ClN2O7S. The fourth-order valence-corrected chi connectivity index (χ4v) is 5.35. The second-order valence-electron chi connectivity index (χ2n) is 7.08. The van der Waals surface area contributed by atoms with Gasteiger partial charge in [-0.3, -0.25) is 4.79 Å². The van der Waals surface area contributed by atoms with E-state index in [1.165, 1.54) is 16.4 Å². The summed E-state index contributed by atoms with van der Waals surface area (Å²) in [5.41, 5.74) is 1.16. The van der Waals surface area contributed by atoms with Crippen LogP contribution in [0, 0.1) is 13.8 Å². The van der Waals surface area contributed by atoms with Crippen LogP contribution < -0.4 is 0 Å². The number of hydrogen-bond donors (Lipinski definition) is 1. The van der Waals surface area contributed by atoms with Crippen molar-refractivity contribution in [3.8, 4) is 0 Å². The quantitative estimate of drug-likeness (QED) is 0.392. The average Bonchev–Trinajstić information content (AvgIpc) is 3.06. The van der Waals surface area contributed by atoms with E-state index in [1.54, 1.807) is 34.6 Å². The summed E-state index contributed by atoms with van der Waals surface area (Å²) in [6.45, 7) is 8.33. The third kappa shape index (κ3) is 5.63. The summed E-state index contributed by atoms with van der Waals surface area (Å²) in [5, 5.41) is -0.0282. The van der Waals surface area contributed by atoms with Crippen molar-refractivity contribution in [1.29, 1.82) is 0 Å². The van der Waals surface area contributed by atoms with E-state index >= 15 is 0 Å². The Morgan fingerprint density at radius 2 is 1.67 bits per heavy atom. The standard InChI is InChI=1S/C22H27ClN2O7S/c1-6-25(7-2)33(29,30)18-11-15(9-10-16(18)23)21(27)32-12-17(26)19-13(4)20(24-14(19)5)22(28)31-8-3/h9-11,24H,6-8,12H2,1-5H3. The summed E-state index contributed by atoms with van der Waals surface area (Å²) < 4.78 is 36.9. The van der Waals surface area contributed by atoms with Crippen molar-refractivity contribution in [1.82, 2.24) is 9.29 Å². The summed E-state index contributed by atoms with van der Waals surface area (Å²) in [6.07, 6.45) is 0. The molecule has 11 heteroatoms. The van der Waals surface area contributed by atoms with Gasteiger partial charge in [0.2, 0.25) is 15.8 Å². The van der Waals surface area contributed by atoms with E-state index < -0.39 is 34.4 Å². The van der Waals surface area contributed by atoms with Crippen LogP contribution in [-0.4, -0.2) is 61.7 Å². The van der Waals surface area contributed by atoms with Gasteiger partial charge in [-0.05, 0) is 44.5 Å². The number of ketones is 1. The lowest BCUT2D eigenvalue weighted by Gasteiger charge is -2.19. The zero-order valence-corrected chi connectivity index (χ0v) is 20.7. The van der Waals surface area contributed by atoms with Crippen molar-refractivity contribution in [2.24, 2.45) is 0 Å². The van der Waals surface area contributed by atoms with Crippen LogP contribution in [0.1, 0.15) is 63.2 Å². The van der Waals surface area contributed by atoms with Gasteiger partial charge in [-0.15, -0.1) is 0 Å². The number of aromatic nitrogens is 1. The van der Waals surface area contributed by atoms with Gasteiger partial charge < -0.3 is 14.5 Å². The van der Waals surface area contributed by atoms with Crippen LogP contribution in [0.3, 0.4) is 0 Å². The number of aryl methyl sites for hydroxylation is 1. The number of sulfonamides is 1. The predicted molar refractivity (Wildman–Crippen MR) is 122 cm³/mol. The van der Waals surface area contributed by atoms with E-state index in [0.717, 1.165) is 6.07 Å². The molecule has 0 aliphatic rings. The normalized spacial score (nSPS) is 11.5. The third-order valence-corrected chi connectivity index (χ3v) is 7.55. The number of H-pyrrole nitrogens is 1. The Kier molecular flexibility index (Phi) is 8.82. The van der Waals surface area contributed by atoms with Crippen LogP contribution in [0.4, 0.5) is 0 Å². The second-order valence-corrected chi connectivity index (χ2v) is 9.39. The molecule has 0 radical (unpaired) electrons. The molecule has 9 nitrogen and oxygen atoms in total. The van der Waals surface area contributed by atoms with Crippen LogP contribution in [0.15, 0.2) is 23.1 Å². The topological polar surface area (TPSA) is 123 Å². The fraction of sp³-hybridized carbons (Fsp3) is 0.409. The van der Waals surface area contributed by atoms with Gasteiger partial charge in [-0.2, -0.15) is 4.31 Å². The largest absolute Gasteiger partial charge is 0.461 e. The van der Waals surface area contributed by atoms with Crippen LogP contribution in [0.2, 0.25) is 5.02 Å². The van der Waals surface area contributed by atoms with E-state index in [1.807, 2.05) is 0 Å². The minimum Gasteiger partial charge on any atom is -0.461 e. The van der Waals surface area contributed by atoms with Crippen molar-refractivity contribution in [2.45, 2.75) is 39.5 Å². The van der Waals surface area contributed by atoms with E-state index in [4.69, 9.17) is 21.1 Å². The van der Waals surface area contributed by atoms with Gasteiger partial charge in [0.05, 0.1) is 17.2 Å². The first-order valence-corrected chi connectivity index (χ1v) is 12.2. The molecule has 1 aromatic carbocycles. The number of nitrogens with zero attached hydrogens (tertiary/aromatic N) is 1. The number of ether oxygens (including phenoxy) is 2. The zero-order chi connectivity index (χ0) is 24.9. The van der Waals surface area contributed by atoms with Gasteiger partial charge >= 0.3 is 11.9 Å². The predicted octanol–water partition coefficient (Wildman–Crippen LogP) is 3.53. The summed E-state index contributed by atoms with van der Waals surface area (Å²) in [5.74, 6) is -1.99. The first-order valence-electron chi connectivity index (χ1n) is 10.4. The highest BCUT2D eigenvalue weighted by molar-refractivity contribution is 7.89. The molecule has 2 rings (SSSR count). The molecule has 0 unspecified atom stereocenters. The van der Waals surface area contributed by atoms with Gasteiger partial charge in [-0.25, -0.2) is 18.0 Å². The Hall–Kier alpha value is -2.69. The number of hydrogen-bond acceptors (Lipinski definition) is 7. The molecule has 2 aromatic rings. The Morgan fingerprint density at radius 1 is 1.03 bits per heavy atom. The van der Waals surface area contributed by atoms with Crippen LogP contribution in [0.25, 0.3) is 0 Å². The number of esters is 2. The van der Waals surface area contributed by atoms with Gasteiger partial charge in [0.15, 0.2) is 6.61 Å². The van der Waals surface area contributed by atoms with Crippen molar-refractivity contribution < 1.29 is 32.3 Å². The van der Waals surface area contributed by atoms with Crippen molar-refractivity contribution in [2.75, 3.05) is 26.3 Å². The van der Waals surface area contributed by atoms with Crippen LogP contribution in [-0.2, 0) is 19.5 Å². The van der Waals surface area contributed by atoms with E-state index in [0.29, 0.717) is 11.3 Å². The molecule has 0 aliphatic carbocycles. The van der Waals surface area contributed by atoms with Crippen molar-refractivity contribution in [3.05, 3.63) is 51.3 Å². The first kappa shape index (κ1) is 26.6. The number of aromatic amines is 1. The Labute approximate surface area is 198 Å². The van der Waals surface area contributed by atoms with E-state index in [2.05, 4.69) is 4.98 Å². The SMILES string of the molecule is CCOC(=O)c1[nH]c(C)c(C(=O)COC(=O)c2ccc(Cl)c(S(=O)(=O)N(CC)CC)c2)c1C. The molecule has 0 bridgehead atoms. The van der Waals surface area contributed by atoms with Gasteiger partial charge in [0.1, 0.15) is 10.6 Å². The second kappa shape index (κ2) is 11.0. The summed E-state index contributed by atoms with van der Waals surface area (Å²) in [6, 6.07) is 3.75. The maximum atomic E-state index is 12.8. The molecule has 1 aromatic heterocycles. The lowest BCUT2D eigenvalue weighted by molar-refractivity contribution is 0.0472. The smallest absolute Gasteiger partial charge is 0.355 e. The molecule has 0 aliphatic heterocycles. The molecule has 1 heterocycles. The molecule has 33 heavy (non-hydrogen) atoms. The molecule has 0 saturated carbocycles. The van der Waals surface area contributed by atoms with E-state index in [-0.39, 0.29) is 46.4 Å².